The van der Waals surface area contributed by atoms with Crippen LogP contribution in [0.5, 0.6) is 5.75 Å². The van der Waals surface area contributed by atoms with Crippen LogP contribution in [0.2, 0.25) is 0 Å². The molecule has 3 N–H and O–H groups in total. The summed E-state index contributed by atoms with van der Waals surface area (Å²) in [6, 6.07) is 11.3. The summed E-state index contributed by atoms with van der Waals surface area (Å²) in [5, 5.41) is 6.82. The fourth-order valence-corrected chi connectivity index (χ4v) is 3.16. The number of rotatable bonds is 5. The number of methoxy groups -OCH3 is 2. The highest BCUT2D eigenvalue weighted by Gasteiger charge is 2.18. The van der Waals surface area contributed by atoms with Crippen molar-refractivity contribution >= 4 is 45.5 Å². The third-order valence-electron chi connectivity index (χ3n) is 3.56. The van der Waals surface area contributed by atoms with Crippen molar-refractivity contribution in [3.8, 4) is 5.75 Å². The van der Waals surface area contributed by atoms with Gasteiger partial charge in [0.1, 0.15) is 10.6 Å². The van der Waals surface area contributed by atoms with E-state index < -0.39 is 28.2 Å². The largest absolute Gasteiger partial charge is 0.453 e. The molecule has 3 amide bonds. The second kappa shape index (κ2) is 10.8. The molecule has 12 nitrogen and oxygen atoms in total. The van der Waals surface area contributed by atoms with Crippen molar-refractivity contribution in [3.63, 3.8) is 0 Å². The number of benzene rings is 2. The monoisotopic (exact) mass is 464 g/mol. The first-order valence-corrected chi connectivity index (χ1v) is 10.2. The van der Waals surface area contributed by atoms with E-state index in [1.54, 1.807) is 18.2 Å². The molecule has 0 aromatic heterocycles. The Bertz CT molecular complexity index is 1110. The fourth-order valence-electron chi connectivity index (χ4n) is 2.22. The Balaban J connectivity index is 2.44. The van der Waals surface area contributed by atoms with Crippen LogP contribution in [0, 0.1) is 0 Å². The number of guanidine groups is 1. The normalized spacial score (nSPS) is 10.3. The third kappa shape index (κ3) is 6.98. The van der Waals surface area contributed by atoms with E-state index in [2.05, 4.69) is 30.4 Å². The Morgan fingerprint density at radius 3 is 2.03 bits per heavy atom. The molecule has 2 rings (SSSR count). The van der Waals surface area contributed by atoms with Gasteiger partial charge in [-0.15, -0.1) is 0 Å². The summed E-state index contributed by atoms with van der Waals surface area (Å²) in [6.07, 6.45) is -1.87. The Morgan fingerprint density at radius 1 is 0.906 bits per heavy atom. The highest BCUT2D eigenvalue weighted by molar-refractivity contribution is 7.87. The molecule has 0 unspecified atom stereocenters. The number of carbonyl (C=O) groups excluding carboxylic acids is 3. The number of carbonyl (C=O) groups is 3. The predicted octanol–water partition coefficient (Wildman–Crippen LogP) is 2.11. The van der Waals surface area contributed by atoms with Gasteiger partial charge in [0.05, 0.1) is 25.6 Å². The second-order valence-electron chi connectivity index (χ2n) is 5.90. The van der Waals surface area contributed by atoms with Crippen LogP contribution in [0.1, 0.15) is 6.92 Å². The number of amides is 3. The van der Waals surface area contributed by atoms with Gasteiger partial charge in [-0.1, -0.05) is 18.2 Å². The molecule has 170 valence electrons. The quantitative estimate of drug-likeness (QED) is 0.344. The highest BCUT2D eigenvalue weighted by Crippen LogP contribution is 2.31. The molecule has 0 radical (unpaired) electrons. The van der Waals surface area contributed by atoms with E-state index in [0.717, 1.165) is 14.2 Å². The first-order valence-electron chi connectivity index (χ1n) is 8.84. The maximum atomic E-state index is 12.4. The van der Waals surface area contributed by atoms with E-state index in [9.17, 15) is 22.8 Å². The number of hydrogen-bond donors (Lipinski definition) is 3. The van der Waals surface area contributed by atoms with Crippen molar-refractivity contribution < 1.29 is 36.5 Å². The molecule has 0 heterocycles. The van der Waals surface area contributed by atoms with Gasteiger partial charge in [-0.05, 0) is 24.3 Å². The number of hydrogen-bond acceptors (Lipinski definition) is 9. The topological polar surface area (TPSA) is 161 Å². The molecule has 0 aliphatic heterocycles. The van der Waals surface area contributed by atoms with Crippen molar-refractivity contribution in [2.75, 3.05) is 19.5 Å². The maximum absolute atomic E-state index is 12.4. The van der Waals surface area contributed by atoms with Crippen LogP contribution in [0.15, 0.2) is 58.4 Å². The van der Waals surface area contributed by atoms with Crippen LogP contribution in [-0.4, -0.2) is 46.7 Å². The van der Waals surface area contributed by atoms with Gasteiger partial charge in [0.2, 0.25) is 11.9 Å². The van der Waals surface area contributed by atoms with E-state index in [1.807, 2.05) is 0 Å². The molecule has 0 saturated heterocycles. The predicted molar refractivity (Wildman–Crippen MR) is 113 cm³/mol. The number of nitrogens with one attached hydrogen (secondary N) is 3. The summed E-state index contributed by atoms with van der Waals surface area (Å²) in [6.45, 7) is 1.22. The number of anilines is 1. The van der Waals surface area contributed by atoms with E-state index in [1.165, 1.54) is 37.3 Å². The highest BCUT2D eigenvalue weighted by atomic mass is 32.2. The van der Waals surface area contributed by atoms with Gasteiger partial charge in [0.25, 0.3) is 0 Å². The zero-order valence-electron chi connectivity index (χ0n) is 17.2. The van der Waals surface area contributed by atoms with Gasteiger partial charge in [-0.25, -0.2) is 14.6 Å². The third-order valence-corrected chi connectivity index (χ3v) is 4.82. The van der Waals surface area contributed by atoms with Crippen LogP contribution in [0.4, 0.5) is 21.0 Å². The van der Waals surface area contributed by atoms with Gasteiger partial charge in [0.15, 0.2) is 0 Å². The van der Waals surface area contributed by atoms with Crippen LogP contribution in [0.25, 0.3) is 0 Å². The fraction of sp³-hybridized carbons (Fsp3) is 0.158. The smallest absolute Gasteiger partial charge is 0.413 e. The van der Waals surface area contributed by atoms with Crippen LogP contribution in [-0.2, 0) is 24.4 Å². The van der Waals surface area contributed by atoms with Gasteiger partial charge >= 0.3 is 22.3 Å². The molecule has 0 bridgehead atoms. The average molecular weight is 464 g/mol. The van der Waals surface area contributed by atoms with Crippen molar-refractivity contribution in [2.45, 2.75) is 11.8 Å². The van der Waals surface area contributed by atoms with Gasteiger partial charge < -0.3 is 19.0 Å². The lowest BCUT2D eigenvalue weighted by Gasteiger charge is -2.13. The van der Waals surface area contributed by atoms with E-state index >= 15 is 0 Å². The lowest BCUT2D eigenvalue weighted by molar-refractivity contribution is -0.114. The molecule has 0 atom stereocenters. The first kappa shape index (κ1) is 24.1. The molecule has 0 saturated carbocycles. The Kier molecular flexibility index (Phi) is 8.12. The Morgan fingerprint density at radius 2 is 1.50 bits per heavy atom. The minimum Gasteiger partial charge on any atom is -0.453 e. The Hall–Kier alpha value is -4.13. The number of ether oxygens (including phenoxy) is 2. The van der Waals surface area contributed by atoms with Crippen molar-refractivity contribution in [1.82, 2.24) is 10.6 Å². The van der Waals surface area contributed by atoms with Gasteiger partial charge in [-0.2, -0.15) is 8.42 Å². The molecule has 2 aromatic rings. The first-order chi connectivity index (χ1) is 15.1. The Labute approximate surface area is 183 Å². The van der Waals surface area contributed by atoms with Crippen LogP contribution >= 0.6 is 0 Å². The molecule has 0 aliphatic rings. The van der Waals surface area contributed by atoms with Crippen molar-refractivity contribution in [3.05, 3.63) is 48.5 Å². The number of alkyl carbamates (subject to hydrolysis) is 2. The molecule has 32 heavy (non-hydrogen) atoms. The standard InChI is InChI=1S/C19H20N4O8S/c1-12(24)20-16-11-13(31-32(27,28)14-7-5-4-6-8-14)9-10-15(16)21-17(22-18(25)29-2)23-19(26)30-3/h4-11H,1-3H3,(H,20,24)(H2,21,22,23,25,26). The van der Waals surface area contributed by atoms with E-state index in [0.29, 0.717) is 0 Å². The lowest BCUT2D eigenvalue weighted by atomic mass is 10.2. The molecule has 0 fully saturated rings. The van der Waals surface area contributed by atoms with Crippen molar-refractivity contribution in [2.24, 2.45) is 4.99 Å². The summed E-state index contributed by atoms with van der Waals surface area (Å²) in [4.78, 5) is 38.7. The second-order valence-corrected chi connectivity index (χ2v) is 7.45. The number of nitrogens with zero attached hydrogens (tertiary/aromatic N) is 1. The summed E-state index contributed by atoms with van der Waals surface area (Å²) >= 11 is 0. The summed E-state index contributed by atoms with van der Waals surface area (Å²) in [7, 11) is -1.92. The van der Waals surface area contributed by atoms with Gasteiger partial charge in [-0.3, -0.25) is 15.4 Å². The van der Waals surface area contributed by atoms with Crippen molar-refractivity contribution in [1.29, 1.82) is 0 Å². The summed E-state index contributed by atoms with van der Waals surface area (Å²) < 4.78 is 39.0. The SMILES string of the molecule is COC(=O)NC(=Nc1ccc(OS(=O)(=O)c2ccccc2)cc1NC(C)=O)NC(=O)OC. The molecule has 0 aliphatic carbocycles. The molecule has 13 heteroatoms. The summed E-state index contributed by atoms with van der Waals surface area (Å²) in [5.41, 5.74) is 0.0848. The maximum Gasteiger partial charge on any atom is 0.413 e. The van der Waals surface area contributed by atoms with E-state index in [-0.39, 0.29) is 28.0 Å². The van der Waals surface area contributed by atoms with Gasteiger partial charge in [0, 0.05) is 13.0 Å². The summed E-state index contributed by atoms with van der Waals surface area (Å²) in [5.74, 6) is -0.978. The zero-order valence-corrected chi connectivity index (χ0v) is 18.1. The van der Waals surface area contributed by atoms with Crippen LogP contribution < -0.4 is 20.1 Å². The lowest BCUT2D eigenvalue weighted by Crippen LogP contribution is -2.43. The van der Waals surface area contributed by atoms with E-state index in [4.69, 9.17) is 4.18 Å². The average Bonchev–Trinajstić information content (AvgIpc) is 2.75. The molecule has 0 spiro atoms. The molecular formula is C19H20N4O8S. The minimum absolute atomic E-state index is 0.0362. The van der Waals surface area contributed by atoms with Crippen LogP contribution in [0.3, 0.4) is 0 Å². The molecular weight excluding hydrogens is 444 g/mol. The number of aliphatic imine (C=N–C) groups is 1. The minimum atomic E-state index is -4.13. The zero-order chi connectivity index (χ0) is 23.7. The molecule has 2 aromatic carbocycles.